The van der Waals surface area contributed by atoms with Crippen molar-refractivity contribution in [3.8, 4) is 0 Å². The highest BCUT2D eigenvalue weighted by Gasteiger charge is 2.53. The molecule has 50 heavy (non-hydrogen) atoms. The van der Waals surface area contributed by atoms with E-state index in [-0.39, 0.29) is 5.11 Å². The van der Waals surface area contributed by atoms with Crippen molar-refractivity contribution in [3.63, 3.8) is 0 Å². The topological polar surface area (TPSA) is 259 Å². The van der Waals surface area contributed by atoms with E-state index >= 15 is 0 Å². The van der Waals surface area contributed by atoms with Crippen LogP contribution in [0.3, 0.4) is 0 Å². The number of ether oxygens (including phenoxy) is 8. The van der Waals surface area contributed by atoms with Crippen molar-refractivity contribution in [2.75, 3.05) is 13.2 Å². The minimum absolute atomic E-state index is 0.289. The fraction of sp³-hybridized carbons (Fsp3) is 0.690. The molecular weight excluding hydrogens is 692 g/mol. The van der Waals surface area contributed by atoms with E-state index in [9.17, 15) is 38.4 Å². The first-order valence-corrected chi connectivity index (χ1v) is 15.6. The summed E-state index contributed by atoms with van der Waals surface area (Å²) in [6, 6.07) is -2.57. The van der Waals surface area contributed by atoms with Crippen LogP contribution in [0.1, 0.15) is 55.4 Å². The number of rotatable bonds is 12. The molecule has 0 unspecified atom stereocenters. The third-order valence-corrected chi connectivity index (χ3v) is 7.02. The first-order valence-electron chi connectivity index (χ1n) is 15.2. The van der Waals surface area contributed by atoms with E-state index in [0.717, 1.165) is 55.4 Å². The Morgan fingerprint density at radius 2 is 0.780 bits per heavy atom. The van der Waals surface area contributed by atoms with Gasteiger partial charge in [-0.1, -0.05) is 0 Å². The molecule has 0 aromatic rings. The largest absolute Gasteiger partial charge is 0.463 e. The quantitative estimate of drug-likeness (QED) is 0.0939. The van der Waals surface area contributed by atoms with Gasteiger partial charge in [-0.2, -0.15) is 0 Å². The predicted molar refractivity (Wildman–Crippen MR) is 167 cm³/mol. The summed E-state index contributed by atoms with van der Waals surface area (Å²) in [7, 11) is 0. The van der Waals surface area contributed by atoms with Gasteiger partial charge in [0.15, 0.2) is 42.0 Å². The zero-order valence-corrected chi connectivity index (χ0v) is 29.4. The van der Waals surface area contributed by atoms with Crippen molar-refractivity contribution in [1.82, 2.24) is 21.3 Å². The van der Waals surface area contributed by atoms with Crippen molar-refractivity contribution < 1.29 is 76.3 Å². The van der Waals surface area contributed by atoms with Gasteiger partial charge in [0.25, 0.3) is 0 Å². The van der Waals surface area contributed by atoms with Gasteiger partial charge in [0, 0.05) is 55.4 Å². The predicted octanol–water partition coefficient (Wildman–Crippen LogP) is -2.24. The lowest BCUT2D eigenvalue weighted by molar-refractivity contribution is -0.227. The highest BCUT2D eigenvalue weighted by Crippen LogP contribution is 2.28. The lowest BCUT2D eigenvalue weighted by Gasteiger charge is -2.47. The van der Waals surface area contributed by atoms with Gasteiger partial charge >= 0.3 is 35.8 Å². The molecule has 2 aliphatic heterocycles. The van der Waals surface area contributed by atoms with Crippen LogP contribution < -0.4 is 21.3 Å². The second-order valence-corrected chi connectivity index (χ2v) is 11.6. The van der Waals surface area contributed by atoms with Crippen molar-refractivity contribution in [2.24, 2.45) is 0 Å². The van der Waals surface area contributed by atoms with Crippen molar-refractivity contribution in [2.45, 2.75) is 117 Å². The monoisotopic (exact) mass is 734 g/mol. The molecule has 2 rings (SSSR count). The number of carbonyl (C=O) groups excluding carboxylic acids is 8. The van der Waals surface area contributed by atoms with Crippen LogP contribution in [0.25, 0.3) is 0 Å². The number of esters is 6. The minimum Gasteiger partial charge on any atom is -0.463 e. The summed E-state index contributed by atoms with van der Waals surface area (Å²) in [5.74, 6) is -5.88. The zero-order chi connectivity index (χ0) is 37.9. The van der Waals surface area contributed by atoms with Crippen LogP contribution in [0, 0.1) is 0 Å². The molecule has 0 radical (unpaired) electrons. The van der Waals surface area contributed by atoms with Gasteiger partial charge in [0.1, 0.15) is 37.5 Å². The van der Waals surface area contributed by atoms with Gasteiger partial charge in [-0.05, 0) is 12.2 Å². The molecule has 4 N–H and O–H groups in total. The van der Waals surface area contributed by atoms with Crippen molar-refractivity contribution >= 4 is 65.0 Å². The molecule has 2 fully saturated rings. The fourth-order valence-electron chi connectivity index (χ4n) is 5.21. The summed E-state index contributed by atoms with van der Waals surface area (Å²) in [6.45, 7) is 7.96. The molecule has 0 spiro atoms. The molecule has 2 saturated heterocycles. The van der Waals surface area contributed by atoms with Gasteiger partial charge in [-0.25, -0.2) is 0 Å². The van der Waals surface area contributed by atoms with E-state index in [2.05, 4.69) is 21.3 Å². The maximum Gasteiger partial charge on any atom is 0.303 e. The summed E-state index contributed by atoms with van der Waals surface area (Å²) < 4.78 is 44.0. The molecule has 0 bridgehead atoms. The van der Waals surface area contributed by atoms with Crippen LogP contribution >= 0.6 is 12.2 Å². The van der Waals surface area contributed by atoms with Crippen LogP contribution in [-0.2, 0) is 76.3 Å². The number of hydrogen-bond donors (Lipinski definition) is 4. The molecule has 2 aliphatic rings. The Labute approximate surface area is 292 Å². The van der Waals surface area contributed by atoms with E-state index in [1.807, 2.05) is 0 Å². The van der Waals surface area contributed by atoms with Gasteiger partial charge in [-0.15, -0.1) is 0 Å². The standard InChI is InChI=1S/C29H42N4O16S/c1-11(34)30-21-25(46-17(7)40)23(44-15(5)38)19(9-42-13(3)36)48-27(21)32-29(50)33-28-22(31-12(2)35)26(47-18(8)41)24(45-16(6)39)20(49-28)10-43-14(4)37/h19-28H,9-10H2,1-8H3,(H,30,34)(H,31,35)(H2,32,33,50)/t19-,20-,21-,22-,23-,24-,25-,26-,27-,28-/m1/s1. The molecule has 20 nitrogen and oxygen atoms in total. The normalized spacial score (nSPS) is 28.7. The number of carbonyl (C=O) groups is 8. The number of thiocarbonyl (C=S) groups is 1. The molecule has 0 aliphatic carbocycles. The van der Waals surface area contributed by atoms with Crippen LogP contribution in [0.15, 0.2) is 0 Å². The minimum atomic E-state index is -1.40. The Morgan fingerprint density at radius 1 is 0.480 bits per heavy atom. The number of nitrogens with one attached hydrogen (secondary N) is 4. The average Bonchev–Trinajstić information content (AvgIpc) is 2.95. The van der Waals surface area contributed by atoms with Crippen LogP contribution in [-0.4, -0.2) is 127 Å². The third kappa shape index (κ3) is 13.0. The second-order valence-electron chi connectivity index (χ2n) is 11.2. The summed E-state index contributed by atoms with van der Waals surface area (Å²) in [6.07, 6.45) is -10.8. The Hall–Kier alpha value is -4.63. The molecule has 10 atom stereocenters. The molecule has 21 heteroatoms. The Bertz CT molecular complexity index is 1230. The Morgan fingerprint density at radius 3 is 1.04 bits per heavy atom. The SMILES string of the molecule is CC(=O)N[C@@H]1[C@@H](OC(C)=O)[C@H](OC(C)=O)[C@@H](COC(C)=O)O[C@H]1NC(=S)N[C@@H]1O[C@H](COC(C)=O)[C@@H](OC(C)=O)[C@H](OC(C)=O)[C@H]1NC(C)=O. The molecule has 0 saturated carbocycles. The summed E-state index contributed by atoms with van der Waals surface area (Å²) in [4.78, 5) is 96.4. The fourth-order valence-corrected chi connectivity index (χ4v) is 5.44. The van der Waals surface area contributed by atoms with E-state index in [1.54, 1.807) is 0 Å². The van der Waals surface area contributed by atoms with E-state index in [1.165, 1.54) is 0 Å². The summed E-state index contributed by atoms with van der Waals surface area (Å²) in [5.41, 5.74) is 0. The molecule has 0 aromatic heterocycles. The van der Waals surface area contributed by atoms with Crippen molar-refractivity contribution in [1.29, 1.82) is 0 Å². The van der Waals surface area contributed by atoms with E-state index in [4.69, 9.17) is 50.1 Å². The lowest BCUT2D eigenvalue weighted by atomic mass is 9.94. The van der Waals surface area contributed by atoms with Gasteiger partial charge in [0.2, 0.25) is 11.8 Å². The first kappa shape index (κ1) is 41.5. The molecule has 2 heterocycles. The number of amides is 2. The van der Waals surface area contributed by atoms with Gasteiger partial charge < -0.3 is 59.2 Å². The van der Waals surface area contributed by atoms with Crippen LogP contribution in [0.5, 0.6) is 0 Å². The first-order chi connectivity index (χ1) is 23.3. The Balaban J connectivity index is 2.53. The zero-order valence-electron chi connectivity index (χ0n) is 28.6. The number of hydrogen-bond acceptors (Lipinski definition) is 17. The van der Waals surface area contributed by atoms with Gasteiger partial charge in [-0.3, -0.25) is 38.4 Å². The van der Waals surface area contributed by atoms with Crippen LogP contribution in [0.4, 0.5) is 0 Å². The molecule has 280 valence electrons. The maximum absolute atomic E-state index is 12.3. The highest BCUT2D eigenvalue weighted by molar-refractivity contribution is 7.80. The van der Waals surface area contributed by atoms with E-state index in [0.29, 0.717) is 0 Å². The van der Waals surface area contributed by atoms with Crippen molar-refractivity contribution in [3.05, 3.63) is 0 Å². The average molecular weight is 735 g/mol. The molecule has 2 amide bonds. The third-order valence-electron chi connectivity index (χ3n) is 6.78. The maximum atomic E-state index is 12.3. The molecule has 0 aromatic carbocycles. The van der Waals surface area contributed by atoms with Crippen LogP contribution in [0.2, 0.25) is 0 Å². The second kappa shape index (κ2) is 18.9. The summed E-state index contributed by atoms with van der Waals surface area (Å²) >= 11 is 5.53. The smallest absolute Gasteiger partial charge is 0.303 e. The Kier molecular flexibility index (Phi) is 15.7. The molecular formula is C29H42N4O16S. The summed E-state index contributed by atoms with van der Waals surface area (Å²) in [5, 5.41) is 10.4. The van der Waals surface area contributed by atoms with Gasteiger partial charge in [0.05, 0.1) is 0 Å². The van der Waals surface area contributed by atoms with E-state index < -0.39 is 122 Å². The highest BCUT2D eigenvalue weighted by atomic mass is 32.1. The lowest BCUT2D eigenvalue weighted by Crippen LogP contribution is -2.72.